The van der Waals surface area contributed by atoms with Crippen LogP contribution in [0.5, 0.6) is 0 Å². The number of carboxylic acid groups (broad SMARTS) is 1. The van der Waals surface area contributed by atoms with E-state index in [1.54, 1.807) is 12.1 Å². The molecule has 0 radical (unpaired) electrons. The van der Waals surface area contributed by atoms with Crippen molar-refractivity contribution in [3.8, 4) is 0 Å². The molecule has 0 spiro atoms. The second-order valence-electron chi connectivity index (χ2n) is 6.20. The third kappa shape index (κ3) is 3.89. The van der Waals surface area contributed by atoms with Crippen LogP contribution in [0, 0.1) is 6.92 Å². The topological polar surface area (TPSA) is 43.8 Å². The summed E-state index contributed by atoms with van der Waals surface area (Å²) in [6.45, 7) is 6.85. The average Bonchev–Trinajstić information content (AvgIpc) is 2.58. The van der Waals surface area contributed by atoms with Gasteiger partial charge in [-0.3, -0.25) is 4.90 Å². The van der Waals surface area contributed by atoms with Crippen molar-refractivity contribution in [2.24, 2.45) is 0 Å². The first-order valence-electron chi connectivity index (χ1n) is 8.08. The van der Waals surface area contributed by atoms with Crippen LogP contribution < -0.4 is 4.90 Å². The summed E-state index contributed by atoms with van der Waals surface area (Å²) >= 11 is 6.13. The van der Waals surface area contributed by atoms with E-state index in [9.17, 15) is 4.79 Å². The highest BCUT2D eigenvalue weighted by molar-refractivity contribution is 6.30. The van der Waals surface area contributed by atoms with Gasteiger partial charge >= 0.3 is 5.97 Å². The molecule has 1 saturated heterocycles. The molecule has 1 aliphatic heterocycles. The van der Waals surface area contributed by atoms with Gasteiger partial charge in [0.1, 0.15) is 0 Å². The number of carbonyl (C=O) groups is 1. The van der Waals surface area contributed by atoms with Gasteiger partial charge in [-0.1, -0.05) is 29.8 Å². The van der Waals surface area contributed by atoms with Crippen molar-refractivity contribution in [3.05, 3.63) is 64.2 Å². The van der Waals surface area contributed by atoms with Gasteiger partial charge in [-0.05, 0) is 42.3 Å². The van der Waals surface area contributed by atoms with Crippen molar-refractivity contribution in [1.82, 2.24) is 4.90 Å². The van der Waals surface area contributed by atoms with E-state index >= 15 is 0 Å². The molecule has 4 nitrogen and oxygen atoms in total. The molecule has 0 aromatic heterocycles. The summed E-state index contributed by atoms with van der Waals surface area (Å²) < 4.78 is 0. The molecule has 126 valence electrons. The third-order valence-electron chi connectivity index (χ3n) is 4.49. The summed E-state index contributed by atoms with van der Waals surface area (Å²) in [4.78, 5) is 15.7. The maximum Gasteiger partial charge on any atom is 0.335 e. The molecule has 0 amide bonds. The Morgan fingerprint density at radius 3 is 2.38 bits per heavy atom. The summed E-state index contributed by atoms with van der Waals surface area (Å²) in [5.41, 5.74) is 3.94. The average molecular weight is 345 g/mol. The van der Waals surface area contributed by atoms with Crippen molar-refractivity contribution < 1.29 is 9.90 Å². The minimum absolute atomic E-state index is 0.333. The molecular formula is C19H21ClN2O2. The largest absolute Gasteiger partial charge is 0.478 e. The highest BCUT2D eigenvalue weighted by atomic mass is 35.5. The van der Waals surface area contributed by atoms with Gasteiger partial charge in [-0.25, -0.2) is 4.79 Å². The van der Waals surface area contributed by atoms with Crippen LogP contribution in [0.2, 0.25) is 5.02 Å². The van der Waals surface area contributed by atoms with Gasteiger partial charge in [0, 0.05) is 43.4 Å². The molecule has 24 heavy (non-hydrogen) atoms. The quantitative estimate of drug-likeness (QED) is 0.919. The Kier molecular flexibility index (Phi) is 5.07. The van der Waals surface area contributed by atoms with E-state index in [4.69, 9.17) is 16.7 Å². The van der Waals surface area contributed by atoms with E-state index in [0.29, 0.717) is 5.56 Å². The van der Waals surface area contributed by atoms with E-state index in [1.807, 2.05) is 24.3 Å². The Morgan fingerprint density at radius 2 is 1.75 bits per heavy atom. The summed E-state index contributed by atoms with van der Waals surface area (Å²) in [7, 11) is 0. The minimum atomic E-state index is -0.882. The van der Waals surface area contributed by atoms with Gasteiger partial charge < -0.3 is 10.0 Å². The lowest BCUT2D eigenvalue weighted by molar-refractivity contribution is 0.0697. The Balaban J connectivity index is 1.59. The number of halogens is 1. The van der Waals surface area contributed by atoms with Gasteiger partial charge in [-0.15, -0.1) is 0 Å². The normalized spacial score (nSPS) is 15.5. The zero-order chi connectivity index (χ0) is 17.1. The second kappa shape index (κ2) is 7.24. The zero-order valence-corrected chi connectivity index (χ0v) is 14.5. The summed E-state index contributed by atoms with van der Waals surface area (Å²) in [6, 6.07) is 13.2. The molecule has 0 saturated carbocycles. The SMILES string of the molecule is Cc1ccc(Cl)cc1N1CCN(Cc2ccc(C(=O)O)cc2)CC1. The molecule has 1 heterocycles. The lowest BCUT2D eigenvalue weighted by atomic mass is 10.1. The smallest absolute Gasteiger partial charge is 0.335 e. The van der Waals surface area contributed by atoms with E-state index in [2.05, 4.69) is 22.8 Å². The van der Waals surface area contributed by atoms with Crippen LogP contribution in [-0.2, 0) is 6.54 Å². The Hall–Kier alpha value is -2.04. The molecule has 2 aromatic carbocycles. The second-order valence-corrected chi connectivity index (χ2v) is 6.63. The fraction of sp³-hybridized carbons (Fsp3) is 0.316. The van der Waals surface area contributed by atoms with Gasteiger partial charge in [-0.2, -0.15) is 0 Å². The van der Waals surface area contributed by atoms with E-state index in [1.165, 1.54) is 11.3 Å². The predicted molar refractivity (Wildman–Crippen MR) is 97.1 cm³/mol. The number of hydrogen-bond acceptors (Lipinski definition) is 3. The molecule has 0 aliphatic carbocycles. The highest BCUT2D eigenvalue weighted by Gasteiger charge is 2.18. The van der Waals surface area contributed by atoms with E-state index < -0.39 is 5.97 Å². The predicted octanol–water partition coefficient (Wildman–Crippen LogP) is 3.67. The van der Waals surface area contributed by atoms with Gasteiger partial charge in [0.2, 0.25) is 0 Å². The first-order chi connectivity index (χ1) is 11.5. The first kappa shape index (κ1) is 16.8. The van der Waals surface area contributed by atoms with Crippen LogP contribution >= 0.6 is 11.6 Å². The van der Waals surface area contributed by atoms with Gasteiger partial charge in [0.05, 0.1) is 5.56 Å². The lowest BCUT2D eigenvalue weighted by Gasteiger charge is -2.37. The van der Waals surface area contributed by atoms with Crippen LogP contribution in [0.1, 0.15) is 21.5 Å². The fourth-order valence-electron chi connectivity index (χ4n) is 3.08. The van der Waals surface area contributed by atoms with Crippen LogP contribution in [0.4, 0.5) is 5.69 Å². The standard InChI is InChI=1S/C19H21ClN2O2/c1-14-2-7-17(20)12-18(14)22-10-8-21(9-11-22)13-15-3-5-16(6-4-15)19(23)24/h2-7,12H,8-11,13H2,1H3,(H,23,24). The molecule has 5 heteroatoms. The van der Waals surface area contributed by atoms with Crippen LogP contribution in [-0.4, -0.2) is 42.2 Å². The number of aryl methyl sites for hydroxylation is 1. The van der Waals surface area contributed by atoms with E-state index in [0.717, 1.165) is 43.3 Å². The molecule has 3 rings (SSSR count). The highest BCUT2D eigenvalue weighted by Crippen LogP contribution is 2.25. The number of benzene rings is 2. The maximum absolute atomic E-state index is 10.9. The number of aromatic carboxylic acids is 1. The minimum Gasteiger partial charge on any atom is -0.478 e. The molecule has 0 bridgehead atoms. The number of rotatable bonds is 4. The molecule has 0 atom stereocenters. The van der Waals surface area contributed by atoms with Crippen molar-refractivity contribution in [3.63, 3.8) is 0 Å². The van der Waals surface area contributed by atoms with E-state index in [-0.39, 0.29) is 0 Å². The Morgan fingerprint density at radius 1 is 1.08 bits per heavy atom. The van der Waals surface area contributed by atoms with Crippen LogP contribution in [0.3, 0.4) is 0 Å². The number of piperazine rings is 1. The maximum atomic E-state index is 10.9. The summed E-state index contributed by atoms with van der Waals surface area (Å²) in [5, 5.41) is 9.73. The summed E-state index contributed by atoms with van der Waals surface area (Å²) in [6.07, 6.45) is 0. The van der Waals surface area contributed by atoms with Gasteiger partial charge in [0.15, 0.2) is 0 Å². The monoisotopic (exact) mass is 344 g/mol. The molecule has 2 aromatic rings. The van der Waals surface area contributed by atoms with Crippen molar-refractivity contribution >= 4 is 23.3 Å². The Bertz CT molecular complexity index is 723. The van der Waals surface area contributed by atoms with Crippen LogP contribution in [0.15, 0.2) is 42.5 Å². The number of carboxylic acids is 1. The van der Waals surface area contributed by atoms with Crippen molar-refractivity contribution in [2.75, 3.05) is 31.1 Å². The molecule has 1 N–H and O–H groups in total. The molecular weight excluding hydrogens is 324 g/mol. The van der Waals surface area contributed by atoms with Crippen LogP contribution in [0.25, 0.3) is 0 Å². The molecule has 0 unspecified atom stereocenters. The number of hydrogen-bond donors (Lipinski definition) is 1. The summed E-state index contributed by atoms with van der Waals surface area (Å²) in [5.74, 6) is -0.882. The molecule has 1 aliphatic rings. The first-order valence-corrected chi connectivity index (χ1v) is 8.46. The van der Waals surface area contributed by atoms with Crippen molar-refractivity contribution in [2.45, 2.75) is 13.5 Å². The van der Waals surface area contributed by atoms with Crippen molar-refractivity contribution in [1.29, 1.82) is 0 Å². The number of anilines is 1. The third-order valence-corrected chi connectivity index (χ3v) is 4.73. The zero-order valence-electron chi connectivity index (χ0n) is 13.7. The Labute approximate surface area is 147 Å². The fourth-order valence-corrected chi connectivity index (χ4v) is 3.25. The lowest BCUT2D eigenvalue weighted by Crippen LogP contribution is -2.46. The number of nitrogens with zero attached hydrogens (tertiary/aromatic N) is 2. The van der Waals surface area contributed by atoms with Gasteiger partial charge in [0.25, 0.3) is 0 Å². The molecule has 1 fully saturated rings.